The molecule has 1 fully saturated rings. The van der Waals surface area contributed by atoms with Crippen LogP contribution in [0.25, 0.3) is 0 Å². The Morgan fingerprint density at radius 3 is 2.42 bits per heavy atom. The largest absolute Gasteiger partial charge is 0.334 e. The van der Waals surface area contributed by atoms with Crippen molar-refractivity contribution in [2.75, 3.05) is 0 Å². The van der Waals surface area contributed by atoms with Crippen LogP contribution >= 0.6 is 11.6 Å². The van der Waals surface area contributed by atoms with Crippen LogP contribution in [0.2, 0.25) is 5.02 Å². The van der Waals surface area contributed by atoms with E-state index in [1.807, 2.05) is 49.5 Å². The maximum atomic E-state index is 13.2. The van der Waals surface area contributed by atoms with Gasteiger partial charge >= 0.3 is 5.91 Å². The van der Waals surface area contributed by atoms with Gasteiger partial charge in [0.2, 0.25) is 12.3 Å². The van der Waals surface area contributed by atoms with Gasteiger partial charge in [0.05, 0.1) is 0 Å². The summed E-state index contributed by atoms with van der Waals surface area (Å²) in [5.41, 5.74) is 5.90. The van der Waals surface area contributed by atoms with Crippen LogP contribution in [0, 0.1) is 12.7 Å². The van der Waals surface area contributed by atoms with Crippen molar-refractivity contribution >= 4 is 29.6 Å². The Bertz CT molecular complexity index is 1160. The van der Waals surface area contributed by atoms with E-state index in [-0.39, 0.29) is 11.5 Å². The van der Waals surface area contributed by atoms with Gasteiger partial charge in [-0.1, -0.05) is 41.9 Å². The first-order chi connectivity index (χ1) is 14.9. The summed E-state index contributed by atoms with van der Waals surface area (Å²) in [5, 5.41) is 3.36. The monoisotopic (exact) mass is 436 g/mol. The SMILES string of the molecule is Cc1ccccc1/C=[N+]1\NC(=O)[C@@H](NC(=O)c2ccc(F)cc2)[C@@H]1c1ccc(Cl)cc1. The van der Waals surface area contributed by atoms with Crippen molar-refractivity contribution in [3.63, 3.8) is 0 Å². The zero-order valence-corrected chi connectivity index (χ0v) is 17.4. The van der Waals surface area contributed by atoms with Crippen LogP contribution in [0.4, 0.5) is 4.39 Å². The molecule has 5 nitrogen and oxygen atoms in total. The molecule has 0 aromatic heterocycles. The summed E-state index contributed by atoms with van der Waals surface area (Å²) in [5.74, 6) is -1.25. The molecule has 0 aliphatic carbocycles. The number of hydrogen-bond acceptors (Lipinski definition) is 2. The summed E-state index contributed by atoms with van der Waals surface area (Å²) >= 11 is 6.04. The molecule has 0 saturated carbocycles. The Morgan fingerprint density at radius 1 is 1.06 bits per heavy atom. The Hall–Kier alpha value is -3.51. The first-order valence-corrected chi connectivity index (χ1v) is 10.1. The van der Waals surface area contributed by atoms with Gasteiger partial charge in [-0.15, -0.1) is 10.1 Å². The molecule has 0 radical (unpaired) electrons. The van der Waals surface area contributed by atoms with E-state index in [0.29, 0.717) is 5.02 Å². The molecule has 1 heterocycles. The number of amides is 2. The fraction of sp³-hybridized carbons (Fsp3) is 0.125. The zero-order chi connectivity index (χ0) is 22.0. The lowest BCUT2D eigenvalue weighted by molar-refractivity contribution is -0.596. The number of aryl methyl sites for hydroxylation is 1. The molecule has 3 aromatic rings. The molecule has 156 valence electrons. The third-order valence-corrected chi connectivity index (χ3v) is 5.46. The number of hydrazone groups is 1. The highest BCUT2D eigenvalue weighted by Crippen LogP contribution is 2.27. The average Bonchev–Trinajstić information content (AvgIpc) is 3.05. The molecule has 2 N–H and O–H groups in total. The predicted molar refractivity (Wildman–Crippen MR) is 117 cm³/mol. The standard InChI is InChI=1S/C24H19ClFN3O2/c1-15-4-2-3-5-18(15)14-29-22(16-6-10-19(25)11-7-16)21(24(31)28-29)27-23(30)17-8-12-20(26)13-9-17/h2-14,21-22H,1H3,(H-,27,28,30,31)/p+1/b29-14-/t21-,22-/m0/s1. The van der Waals surface area contributed by atoms with E-state index >= 15 is 0 Å². The van der Waals surface area contributed by atoms with Gasteiger partial charge in [0.1, 0.15) is 5.82 Å². The van der Waals surface area contributed by atoms with Crippen molar-refractivity contribution < 1.29 is 18.7 Å². The molecule has 1 aliphatic rings. The van der Waals surface area contributed by atoms with Crippen molar-refractivity contribution in [3.05, 3.63) is 106 Å². The molecule has 0 unspecified atom stereocenters. The number of nitrogens with zero attached hydrogens (tertiary/aromatic N) is 1. The van der Waals surface area contributed by atoms with E-state index in [1.54, 1.807) is 16.8 Å². The van der Waals surface area contributed by atoms with Crippen LogP contribution < -0.4 is 10.7 Å². The molecule has 4 rings (SSSR count). The average molecular weight is 437 g/mol. The number of nitrogens with one attached hydrogen (secondary N) is 2. The third-order valence-electron chi connectivity index (χ3n) is 5.21. The minimum Gasteiger partial charge on any atom is -0.334 e. The van der Waals surface area contributed by atoms with Crippen LogP contribution in [-0.2, 0) is 4.79 Å². The molecule has 3 aromatic carbocycles. The van der Waals surface area contributed by atoms with Crippen LogP contribution in [0.3, 0.4) is 0 Å². The van der Waals surface area contributed by atoms with Gasteiger partial charge in [-0.05, 0) is 55.0 Å². The lowest BCUT2D eigenvalue weighted by atomic mass is 9.99. The van der Waals surface area contributed by atoms with Gasteiger partial charge in [0, 0.05) is 21.7 Å². The second-order valence-electron chi connectivity index (χ2n) is 7.32. The zero-order valence-electron chi connectivity index (χ0n) is 16.7. The van der Waals surface area contributed by atoms with E-state index in [4.69, 9.17) is 11.6 Å². The Balaban J connectivity index is 1.71. The summed E-state index contributed by atoms with van der Waals surface area (Å²) in [6.07, 6.45) is 1.84. The van der Waals surface area contributed by atoms with E-state index in [0.717, 1.165) is 16.7 Å². The van der Waals surface area contributed by atoms with E-state index < -0.39 is 23.8 Å². The number of benzene rings is 3. The Kier molecular flexibility index (Phi) is 5.82. The lowest BCUT2D eigenvalue weighted by Crippen LogP contribution is -2.42. The molecule has 2 atom stereocenters. The highest BCUT2D eigenvalue weighted by Gasteiger charge is 2.47. The molecule has 31 heavy (non-hydrogen) atoms. The van der Waals surface area contributed by atoms with Crippen molar-refractivity contribution in [1.82, 2.24) is 10.7 Å². The van der Waals surface area contributed by atoms with Crippen LogP contribution in [-0.4, -0.2) is 28.8 Å². The van der Waals surface area contributed by atoms with Gasteiger partial charge in [-0.3, -0.25) is 9.59 Å². The fourth-order valence-corrected chi connectivity index (χ4v) is 3.67. The number of hydrazine groups is 1. The van der Waals surface area contributed by atoms with E-state index in [9.17, 15) is 14.0 Å². The minimum absolute atomic E-state index is 0.269. The van der Waals surface area contributed by atoms with Gasteiger partial charge < -0.3 is 5.32 Å². The van der Waals surface area contributed by atoms with Crippen molar-refractivity contribution in [3.8, 4) is 0 Å². The molecular formula is C24H20ClFN3O2+. The predicted octanol–water partition coefficient (Wildman–Crippen LogP) is 3.80. The number of carbonyl (C=O) groups excluding carboxylic acids is 2. The third kappa shape index (κ3) is 4.49. The van der Waals surface area contributed by atoms with Gasteiger partial charge in [0.15, 0.2) is 6.04 Å². The van der Waals surface area contributed by atoms with Crippen LogP contribution in [0.1, 0.15) is 33.1 Å². The van der Waals surface area contributed by atoms with E-state index in [2.05, 4.69) is 10.7 Å². The van der Waals surface area contributed by atoms with Gasteiger partial charge in [-0.25, -0.2) is 4.39 Å². The normalized spacial score (nSPS) is 19.3. The van der Waals surface area contributed by atoms with Crippen LogP contribution in [0.15, 0.2) is 72.8 Å². The molecular weight excluding hydrogens is 417 g/mol. The topological polar surface area (TPSA) is 61.2 Å². The number of rotatable bonds is 4. The van der Waals surface area contributed by atoms with Crippen molar-refractivity contribution in [2.24, 2.45) is 0 Å². The summed E-state index contributed by atoms with van der Waals surface area (Å²) in [7, 11) is 0. The maximum Gasteiger partial charge on any atom is 0.304 e. The first kappa shape index (κ1) is 20.8. The molecule has 0 bridgehead atoms. The second kappa shape index (κ2) is 8.70. The van der Waals surface area contributed by atoms with E-state index in [1.165, 1.54) is 24.3 Å². The highest BCUT2D eigenvalue weighted by molar-refractivity contribution is 6.30. The maximum absolute atomic E-state index is 13.2. The smallest absolute Gasteiger partial charge is 0.304 e. The van der Waals surface area contributed by atoms with Gasteiger partial charge in [0.25, 0.3) is 5.91 Å². The molecule has 7 heteroatoms. The Morgan fingerprint density at radius 2 is 1.74 bits per heavy atom. The van der Waals surface area contributed by atoms with Crippen molar-refractivity contribution in [2.45, 2.75) is 19.0 Å². The fourth-order valence-electron chi connectivity index (χ4n) is 3.55. The molecule has 2 amide bonds. The Labute approximate surface area is 184 Å². The summed E-state index contributed by atoms with van der Waals surface area (Å²) in [6, 6.07) is 18.7. The number of carbonyl (C=O) groups is 2. The summed E-state index contributed by atoms with van der Waals surface area (Å²) < 4.78 is 14.9. The number of halogens is 2. The lowest BCUT2D eigenvalue weighted by Gasteiger charge is -2.15. The first-order valence-electron chi connectivity index (χ1n) is 9.73. The highest BCUT2D eigenvalue weighted by atomic mass is 35.5. The van der Waals surface area contributed by atoms with Gasteiger partial charge in [-0.2, -0.15) is 0 Å². The summed E-state index contributed by atoms with van der Waals surface area (Å²) in [6.45, 7) is 1.98. The molecule has 1 aliphatic heterocycles. The molecule has 0 spiro atoms. The minimum atomic E-state index is -0.862. The van der Waals surface area contributed by atoms with Crippen molar-refractivity contribution in [1.29, 1.82) is 0 Å². The number of hydrogen-bond donors (Lipinski definition) is 2. The molecule has 1 saturated heterocycles. The second-order valence-corrected chi connectivity index (χ2v) is 7.76. The quantitative estimate of drug-likeness (QED) is 0.611. The van der Waals surface area contributed by atoms with Crippen LogP contribution in [0.5, 0.6) is 0 Å². The summed E-state index contributed by atoms with van der Waals surface area (Å²) in [4.78, 5) is 25.6.